The molecule has 2 N–H and O–H groups in total. The van der Waals surface area contributed by atoms with Crippen LogP contribution in [0.2, 0.25) is 0 Å². The van der Waals surface area contributed by atoms with E-state index < -0.39 is 0 Å². The lowest BCUT2D eigenvalue weighted by molar-refractivity contribution is 0.159. The van der Waals surface area contributed by atoms with E-state index >= 15 is 0 Å². The lowest BCUT2D eigenvalue weighted by Crippen LogP contribution is -2.49. The van der Waals surface area contributed by atoms with Gasteiger partial charge in [0.25, 0.3) is 0 Å². The minimum absolute atomic E-state index is 0.675. The second-order valence-electron chi connectivity index (χ2n) is 7.00. The van der Waals surface area contributed by atoms with Crippen molar-refractivity contribution >= 4 is 0 Å². The van der Waals surface area contributed by atoms with Crippen LogP contribution in [0.25, 0.3) is 0 Å². The molecule has 3 saturated heterocycles. The summed E-state index contributed by atoms with van der Waals surface area (Å²) in [6.07, 6.45) is 11.1. The monoisotopic (exact) mass is 265 g/mol. The first kappa shape index (κ1) is 13.8. The summed E-state index contributed by atoms with van der Waals surface area (Å²) in [5.74, 6) is 0. The summed E-state index contributed by atoms with van der Waals surface area (Å²) in [6.45, 7) is 6.31. The van der Waals surface area contributed by atoms with Gasteiger partial charge in [0.1, 0.15) is 0 Å². The van der Waals surface area contributed by atoms with E-state index in [0.717, 1.165) is 18.1 Å². The maximum Gasteiger partial charge on any atom is 0.0111 e. The molecule has 0 amide bonds. The van der Waals surface area contributed by atoms with Crippen molar-refractivity contribution < 1.29 is 0 Å². The van der Waals surface area contributed by atoms with Crippen molar-refractivity contribution in [2.75, 3.05) is 19.6 Å². The van der Waals surface area contributed by atoms with Gasteiger partial charge in [-0.3, -0.25) is 0 Å². The Morgan fingerprint density at radius 1 is 1.16 bits per heavy atom. The molecular formula is C16H31N3. The van der Waals surface area contributed by atoms with Crippen LogP contribution in [0, 0.1) is 0 Å². The van der Waals surface area contributed by atoms with Gasteiger partial charge in [-0.1, -0.05) is 6.42 Å². The number of rotatable bonds is 4. The number of hydrogen-bond donors (Lipinski definition) is 2. The molecule has 0 aromatic carbocycles. The Balaban J connectivity index is 1.40. The third-order valence-electron chi connectivity index (χ3n) is 5.39. The molecule has 0 aliphatic carbocycles. The predicted molar refractivity (Wildman–Crippen MR) is 80.5 cm³/mol. The fourth-order valence-electron chi connectivity index (χ4n) is 4.40. The normalized spacial score (nSPS) is 38.1. The zero-order valence-corrected chi connectivity index (χ0v) is 12.5. The van der Waals surface area contributed by atoms with E-state index in [1.807, 2.05) is 0 Å². The molecule has 3 aliphatic heterocycles. The number of fused-ring (bicyclic) bond motifs is 1. The van der Waals surface area contributed by atoms with Crippen LogP contribution in [0.5, 0.6) is 0 Å². The molecule has 3 fully saturated rings. The van der Waals surface area contributed by atoms with Crippen LogP contribution in [0.1, 0.15) is 58.3 Å². The molecule has 4 atom stereocenters. The molecule has 0 spiro atoms. The van der Waals surface area contributed by atoms with Gasteiger partial charge in [-0.2, -0.15) is 0 Å². The Labute approximate surface area is 118 Å². The Morgan fingerprint density at radius 3 is 2.95 bits per heavy atom. The van der Waals surface area contributed by atoms with Crippen LogP contribution in [-0.2, 0) is 0 Å². The van der Waals surface area contributed by atoms with E-state index in [-0.39, 0.29) is 0 Å². The summed E-state index contributed by atoms with van der Waals surface area (Å²) in [7, 11) is 0. The van der Waals surface area contributed by atoms with E-state index in [0.29, 0.717) is 6.04 Å². The molecule has 0 bridgehead atoms. The molecular weight excluding hydrogens is 234 g/mol. The molecule has 0 saturated carbocycles. The Hall–Kier alpha value is -0.120. The van der Waals surface area contributed by atoms with Gasteiger partial charge in [0.2, 0.25) is 0 Å². The summed E-state index contributed by atoms with van der Waals surface area (Å²) in [6, 6.07) is 3.11. The molecule has 3 nitrogen and oxygen atoms in total. The Morgan fingerprint density at radius 2 is 2.11 bits per heavy atom. The molecule has 3 heteroatoms. The van der Waals surface area contributed by atoms with E-state index in [1.165, 1.54) is 71.0 Å². The predicted octanol–water partition coefficient (Wildman–Crippen LogP) is 2.12. The zero-order valence-electron chi connectivity index (χ0n) is 12.5. The first-order chi connectivity index (χ1) is 9.31. The molecule has 0 aromatic rings. The Bertz CT molecular complexity index is 275. The lowest BCUT2D eigenvalue weighted by Gasteiger charge is -2.37. The minimum atomic E-state index is 0.675. The third kappa shape index (κ3) is 3.71. The van der Waals surface area contributed by atoms with Crippen molar-refractivity contribution in [2.45, 2.75) is 82.5 Å². The van der Waals surface area contributed by atoms with Gasteiger partial charge >= 0.3 is 0 Å². The van der Waals surface area contributed by atoms with E-state index in [4.69, 9.17) is 0 Å². The SMILES string of the molecule is CC(CC1CCCCN1)NC1CCN2CCCC2C1. The minimum Gasteiger partial charge on any atom is -0.314 e. The summed E-state index contributed by atoms with van der Waals surface area (Å²) in [5, 5.41) is 7.59. The fraction of sp³-hybridized carbons (Fsp3) is 1.00. The van der Waals surface area contributed by atoms with Crippen molar-refractivity contribution in [3.05, 3.63) is 0 Å². The second-order valence-corrected chi connectivity index (χ2v) is 7.00. The first-order valence-electron chi connectivity index (χ1n) is 8.55. The fourth-order valence-corrected chi connectivity index (χ4v) is 4.40. The van der Waals surface area contributed by atoms with Crippen molar-refractivity contribution in [1.29, 1.82) is 0 Å². The van der Waals surface area contributed by atoms with E-state index in [2.05, 4.69) is 22.5 Å². The maximum absolute atomic E-state index is 3.91. The van der Waals surface area contributed by atoms with E-state index in [9.17, 15) is 0 Å². The van der Waals surface area contributed by atoms with Crippen molar-refractivity contribution in [1.82, 2.24) is 15.5 Å². The third-order valence-corrected chi connectivity index (χ3v) is 5.39. The van der Waals surface area contributed by atoms with Gasteiger partial charge < -0.3 is 15.5 Å². The summed E-state index contributed by atoms with van der Waals surface area (Å²) >= 11 is 0. The van der Waals surface area contributed by atoms with Crippen molar-refractivity contribution in [3.8, 4) is 0 Å². The molecule has 110 valence electrons. The number of nitrogens with zero attached hydrogens (tertiary/aromatic N) is 1. The van der Waals surface area contributed by atoms with Crippen LogP contribution < -0.4 is 10.6 Å². The van der Waals surface area contributed by atoms with Gasteiger partial charge in [-0.05, 0) is 71.5 Å². The van der Waals surface area contributed by atoms with Crippen LogP contribution in [0.15, 0.2) is 0 Å². The van der Waals surface area contributed by atoms with Crippen LogP contribution >= 0.6 is 0 Å². The largest absolute Gasteiger partial charge is 0.314 e. The average molecular weight is 265 g/mol. The highest BCUT2D eigenvalue weighted by Crippen LogP contribution is 2.27. The zero-order chi connectivity index (χ0) is 13.1. The van der Waals surface area contributed by atoms with Gasteiger partial charge in [0, 0.05) is 24.2 Å². The first-order valence-corrected chi connectivity index (χ1v) is 8.55. The number of hydrogen-bond acceptors (Lipinski definition) is 3. The topological polar surface area (TPSA) is 27.3 Å². The molecule has 3 rings (SSSR count). The smallest absolute Gasteiger partial charge is 0.0111 e. The Kier molecular flexibility index (Phi) is 4.78. The lowest BCUT2D eigenvalue weighted by atomic mass is 9.94. The van der Waals surface area contributed by atoms with E-state index in [1.54, 1.807) is 0 Å². The summed E-state index contributed by atoms with van der Waals surface area (Å²) < 4.78 is 0. The molecule has 3 heterocycles. The molecule has 3 aliphatic rings. The van der Waals surface area contributed by atoms with Crippen LogP contribution in [-0.4, -0.2) is 48.7 Å². The van der Waals surface area contributed by atoms with Crippen molar-refractivity contribution in [2.24, 2.45) is 0 Å². The highest BCUT2D eigenvalue weighted by molar-refractivity contribution is 4.90. The number of piperidine rings is 2. The molecule has 0 radical (unpaired) electrons. The van der Waals surface area contributed by atoms with Crippen molar-refractivity contribution in [3.63, 3.8) is 0 Å². The quantitative estimate of drug-likeness (QED) is 0.815. The average Bonchev–Trinajstić information content (AvgIpc) is 2.87. The van der Waals surface area contributed by atoms with Gasteiger partial charge in [0.15, 0.2) is 0 Å². The standard InChI is InChI=1S/C16H31N3/c1-13(11-14-5-2-3-8-17-14)18-15-7-10-19-9-4-6-16(19)12-15/h13-18H,2-12H2,1H3. The van der Waals surface area contributed by atoms with Crippen LogP contribution in [0.4, 0.5) is 0 Å². The number of nitrogens with one attached hydrogen (secondary N) is 2. The highest BCUT2D eigenvalue weighted by Gasteiger charge is 2.32. The summed E-state index contributed by atoms with van der Waals surface area (Å²) in [5.41, 5.74) is 0. The van der Waals surface area contributed by atoms with Gasteiger partial charge in [0.05, 0.1) is 0 Å². The molecule has 19 heavy (non-hydrogen) atoms. The summed E-state index contributed by atoms with van der Waals surface area (Å²) in [4.78, 5) is 2.71. The van der Waals surface area contributed by atoms with Gasteiger partial charge in [-0.15, -0.1) is 0 Å². The maximum atomic E-state index is 3.91. The molecule has 0 aromatic heterocycles. The van der Waals surface area contributed by atoms with Gasteiger partial charge in [-0.25, -0.2) is 0 Å². The second kappa shape index (κ2) is 6.55. The highest BCUT2D eigenvalue weighted by atomic mass is 15.2. The molecule has 4 unspecified atom stereocenters. The van der Waals surface area contributed by atoms with Crippen LogP contribution in [0.3, 0.4) is 0 Å².